The summed E-state index contributed by atoms with van der Waals surface area (Å²) in [6.45, 7) is 10.4. The second-order valence-electron chi connectivity index (χ2n) is 6.16. The van der Waals surface area contributed by atoms with Gasteiger partial charge in [0.2, 0.25) is 0 Å². The Hall–Kier alpha value is -0.890. The molecule has 0 radical (unpaired) electrons. The van der Waals surface area contributed by atoms with Crippen molar-refractivity contribution in [3.63, 3.8) is 0 Å². The molecule has 0 spiro atoms. The molecule has 1 atom stereocenters. The molecule has 0 saturated heterocycles. The summed E-state index contributed by atoms with van der Waals surface area (Å²) in [6.07, 6.45) is 4.39. The Morgan fingerprint density at radius 2 is 1.76 bits per heavy atom. The van der Waals surface area contributed by atoms with Crippen LogP contribution in [0.15, 0.2) is 23.3 Å². The molecule has 0 N–H and O–H groups in total. The Kier molecular flexibility index (Phi) is 4.31. The number of methoxy groups -OCH3 is 1. The first-order valence-corrected chi connectivity index (χ1v) is 6.17. The van der Waals surface area contributed by atoms with Crippen LogP contribution in [0, 0.1) is 11.3 Å². The van der Waals surface area contributed by atoms with Gasteiger partial charge in [-0.3, -0.25) is 4.79 Å². The highest BCUT2D eigenvalue weighted by atomic mass is 16.5. The van der Waals surface area contributed by atoms with Crippen LogP contribution in [0.2, 0.25) is 0 Å². The molecule has 1 rings (SSSR count). The molecular formula is C15H24O2. The molecule has 0 fully saturated rings. The monoisotopic (exact) mass is 236 g/mol. The molecule has 0 aromatic rings. The smallest absolute Gasteiger partial charge is 0.163 e. The van der Waals surface area contributed by atoms with E-state index >= 15 is 0 Å². The van der Waals surface area contributed by atoms with Crippen LogP contribution in [0.5, 0.6) is 0 Å². The lowest BCUT2D eigenvalue weighted by molar-refractivity contribution is -0.132. The molecule has 0 saturated carbocycles. The number of ketones is 1. The molecule has 2 nitrogen and oxygen atoms in total. The first-order valence-electron chi connectivity index (χ1n) is 6.17. The van der Waals surface area contributed by atoms with Crippen LogP contribution in [0.4, 0.5) is 0 Å². The Balaban J connectivity index is 2.82. The Bertz CT molecular complexity index is 338. The van der Waals surface area contributed by atoms with Crippen LogP contribution in [-0.4, -0.2) is 19.0 Å². The second kappa shape index (κ2) is 5.18. The van der Waals surface area contributed by atoms with Gasteiger partial charge in [0.25, 0.3) is 0 Å². The summed E-state index contributed by atoms with van der Waals surface area (Å²) in [5.41, 5.74) is 2.45. The normalized spacial score (nSPS) is 18.9. The minimum absolute atomic E-state index is 0.0156. The van der Waals surface area contributed by atoms with Crippen LogP contribution in [0.1, 0.15) is 41.0 Å². The number of hydrogen-bond donors (Lipinski definition) is 0. The topological polar surface area (TPSA) is 26.3 Å². The lowest BCUT2D eigenvalue weighted by Crippen LogP contribution is -2.34. The number of allylic oxidation sites excluding steroid dienone is 2. The summed E-state index contributed by atoms with van der Waals surface area (Å²) in [4.78, 5) is 12.3. The molecule has 2 heteroatoms. The van der Waals surface area contributed by atoms with Crippen molar-refractivity contribution in [2.75, 3.05) is 7.11 Å². The van der Waals surface area contributed by atoms with Gasteiger partial charge in [-0.05, 0) is 19.3 Å². The van der Waals surface area contributed by atoms with Gasteiger partial charge < -0.3 is 4.74 Å². The van der Waals surface area contributed by atoms with Crippen molar-refractivity contribution in [1.82, 2.24) is 0 Å². The second-order valence-corrected chi connectivity index (χ2v) is 6.16. The maximum Gasteiger partial charge on any atom is 0.163 e. The fraction of sp³-hybridized carbons (Fsp3) is 0.667. The van der Waals surface area contributed by atoms with E-state index in [0.29, 0.717) is 6.42 Å². The van der Waals surface area contributed by atoms with E-state index in [-0.39, 0.29) is 23.2 Å². The van der Waals surface area contributed by atoms with E-state index in [1.807, 2.05) is 0 Å². The Morgan fingerprint density at radius 3 is 2.12 bits per heavy atom. The molecule has 1 unspecified atom stereocenters. The average molecular weight is 236 g/mol. The zero-order valence-electron chi connectivity index (χ0n) is 11.8. The number of carbonyl (C=O) groups is 1. The SMILES string of the molecule is COC(C(=O)CC(C)(C)C)C1C(C)=CC=C1C. The van der Waals surface area contributed by atoms with Crippen LogP contribution < -0.4 is 0 Å². The van der Waals surface area contributed by atoms with E-state index in [0.717, 1.165) is 0 Å². The molecule has 0 heterocycles. The molecular weight excluding hydrogens is 212 g/mol. The summed E-state index contributed by atoms with van der Waals surface area (Å²) in [5, 5.41) is 0. The zero-order valence-corrected chi connectivity index (χ0v) is 11.8. The molecule has 1 aliphatic carbocycles. The fourth-order valence-corrected chi connectivity index (χ4v) is 2.38. The molecule has 0 amide bonds. The van der Waals surface area contributed by atoms with Crippen LogP contribution in [0.25, 0.3) is 0 Å². The first kappa shape index (κ1) is 14.2. The van der Waals surface area contributed by atoms with Gasteiger partial charge >= 0.3 is 0 Å². The largest absolute Gasteiger partial charge is 0.373 e. The highest BCUT2D eigenvalue weighted by molar-refractivity contribution is 5.85. The summed E-state index contributed by atoms with van der Waals surface area (Å²) >= 11 is 0. The number of Topliss-reactive ketones (excluding diaryl/α,β-unsaturated/α-hetero) is 1. The van der Waals surface area contributed by atoms with E-state index in [1.165, 1.54) is 11.1 Å². The van der Waals surface area contributed by atoms with E-state index < -0.39 is 0 Å². The summed E-state index contributed by atoms with van der Waals surface area (Å²) in [6, 6.07) is 0. The molecule has 0 aliphatic heterocycles. The van der Waals surface area contributed by atoms with Crippen molar-refractivity contribution >= 4 is 5.78 Å². The van der Waals surface area contributed by atoms with Crippen molar-refractivity contribution in [3.8, 4) is 0 Å². The predicted octanol–water partition coefficient (Wildman–Crippen LogP) is 3.53. The standard InChI is InChI=1S/C15H24O2/c1-10-7-8-11(2)13(10)14(17-6)12(16)9-15(3,4)5/h7-8,13-14H,9H2,1-6H3. The molecule has 1 aliphatic rings. The van der Waals surface area contributed by atoms with Gasteiger partial charge in [-0.15, -0.1) is 0 Å². The van der Waals surface area contributed by atoms with Crippen molar-refractivity contribution in [1.29, 1.82) is 0 Å². The quantitative estimate of drug-likeness (QED) is 0.746. The van der Waals surface area contributed by atoms with Gasteiger partial charge in [0.15, 0.2) is 5.78 Å². The fourth-order valence-electron chi connectivity index (χ4n) is 2.38. The third kappa shape index (κ3) is 3.53. The minimum atomic E-state index is -0.329. The maximum atomic E-state index is 12.3. The highest BCUT2D eigenvalue weighted by Gasteiger charge is 2.33. The molecule has 96 valence electrons. The van der Waals surface area contributed by atoms with Gasteiger partial charge in [0.05, 0.1) is 0 Å². The summed E-state index contributed by atoms with van der Waals surface area (Å²) in [7, 11) is 1.63. The van der Waals surface area contributed by atoms with Crippen LogP contribution in [-0.2, 0) is 9.53 Å². The molecule has 17 heavy (non-hydrogen) atoms. The van der Waals surface area contributed by atoms with Crippen molar-refractivity contribution in [2.45, 2.75) is 47.1 Å². The van der Waals surface area contributed by atoms with Gasteiger partial charge in [-0.2, -0.15) is 0 Å². The van der Waals surface area contributed by atoms with E-state index in [9.17, 15) is 4.79 Å². The molecule has 0 aromatic carbocycles. The third-order valence-electron chi connectivity index (χ3n) is 3.17. The summed E-state index contributed by atoms with van der Waals surface area (Å²) in [5.74, 6) is 0.335. The van der Waals surface area contributed by atoms with Gasteiger partial charge in [-0.25, -0.2) is 0 Å². The van der Waals surface area contributed by atoms with Crippen molar-refractivity contribution < 1.29 is 9.53 Å². The van der Waals surface area contributed by atoms with E-state index in [2.05, 4.69) is 46.8 Å². The molecule has 0 aromatic heterocycles. The van der Waals surface area contributed by atoms with Crippen molar-refractivity contribution in [3.05, 3.63) is 23.3 Å². The number of carbonyl (C=O) groups excluding carboxylic acids is 1. The lowest BCUT2D eigenvalue weighted by atomic mass is 9.82. The first-order chi connectivity index (χ1) is 7.76. The zero-order chi connectivity index (χ0) is 13.2. The lowest BCUT2D eigenvalue weighted by Gasteiger charge is -2.27. The summed E-state index contributed by atoms with van der Waals surface area (Å²) < 4.78 is 5.45. The maximum absolute atomic E-state index is 12.3. The number of ether oxygens (including phenoxy) is 1. The van der Waals surface area contributed by atoms with Gasteiger partial charge in [0.1, 0.15) is 6.10 Å². The van der Waals surface area contributed by atoms with Crippen LogP contribution in [0.3, 0.4) is 0 Å². The van der Waals surface area contributed by atoms with E-state index in [1.54, 1.807) is 7.11 Å². The van der Waals surface area contributed by atoms with E-state index in [4.69, 9.17) is 4.74 Å². The highest BCUT2D eigenvalue weighted by Crippen LogP contribution is 2.33. The Labute approximate surface area is 105 Å². The third-order valence-corrected chi connectivity index (χ3v) is 3.17. The Morgan fingerprint density at radius 1 is 1.29 bits per heavy atom. The van der Waals surface area contributed by atoms with Crippen LogP contribution >= 0.6 is 0 Å². The van der Waals surface area contributed by atoms with Crippen molar-refractivity contribution in [2.24, 2.45) is 11.3 Å². The minimum Gasteiger partial charge on any atom is -0.373 e. The number of hydrogen-bond acceptors (Lipinski definition) is 2. The van der Waals surface area contributed by atoms with Gasteiger partial charge in [0, 0.05) is 19.4 Å². The van der Waals surface area contributed by atoms with Gasteiger partial charge in [-0.1, -0.05) is 44.1 Å². The number of rotatable bonds is 4. The molecule has 0 bridgehead atoms. The average Bonchev–Trinajstić information content (AvgIpc) is 2.47. The predicted molar refractivity (Wildman–Crippen MR) is 70.9 cm³/mol.